The second-order valence-electron chi connectivity index (χ2n) is 6.66. The first-order valence-corrected chi connectivity index (χ1v) is 9.57. The van der Waals surface area contributed by atoms with E-state index in [2.05, 4.69) is 35.8 Å². The number of methoxy groups -OCH3 is 1. The van der Waals surface area contributed by atoms with Crippen molar-refractivity contribution in [3.63, 3.8) is 0 Å². The monoisotopic (exact) mass is 347 g/mol. The van der Waals surface area contributed by atoms with E-state index in [1.54, 1.807) is 7.11 Å². The number of ether oxygens (including phenoxy) is 1. The van der Waals surface area contributed by atoms with Gasteiger partial charge in [-0.2, -0.15) is 0 Å². The number of nitrogens with zero attached hydrogens (tertiary/aromatic N) is 3. The SMILES string of the molecule is CCCN(CCC)C(=O)CCN1CCN(c2ccc(OC)cc2)CC1. The van der Waals surface area contributed by atoms with Crippen LogP contribution in [0.25, 0.3) is 0 Å². The maximum Gasteiger partial charge on any atom is 0.223 e. The van der Waals surface area contributed by atoms with Crippen molar-refractivity contribution in [2.24, 2.45) is 0 Å². The average molecular weight is 348 g/mol. The minimum Gasteiger partial charge on any atom is -0.497 e. The van der Waals surface area contributed by atoms with Crippen molar-refractivity contribution in [3.8, 4) is 5.75 Å². The van der Waals surface area contributed by atoms with Crippen LogP contribution < -0.4 is 9.64 Å². The van der Waals surface area contributed by atoms with E-state index in [0.717, 1.165) is 64.4 Å². The summed E-state index contributed by atoms with van der Waals surface area (Å²) in [5, 5.41) is 0. The van der Waals surface area contributed by atoms with Gasteiger partial charge >= 0.3 is 0 Å². The van der Waals surface area contributed by atoms with Crippen LogP contribution in [0.3, 0.4) is 0 Å². The van der Waals surface area contributed by atoms with E-state index < -0.39 is 0 Å². The largest absolute Gasteiger partial charge is 0.497 e. The van der Waals surface area contributed by atoms with Gasteiger partial charge in [0.1, 0.15) is 5.75 Å². The Balaban J connectivity index is 1.75. The summed E-state index contributed by atoms with van der Waals surface area (Å²) in [5.41, 5.74) is 1.24. The number of piperazine rings is 1. The fourth-order valence-corrected chi connectivity index (χ4v) is 3.34. The Morgan fingerprint density at radius 1 is 1.04 bits per heavy atom. The standard InChI is InChI=1S/C20H33N3O2/c1-4-11-23(12-5-2)20(24)10-13-21-14-16-22(17-15-21)18-6-8-19(25-3)9-7-18/h6-9H,4-5,10-17H2,1-3H3. The number of hydrogen-bond acceptors (Lipinski definition) is 4. The highest BCUT2D eigenvalue weighted by molar-refractivity contribution is 5.76. The second kappa shape index (κ2) is 10.3. The zero-order valence-corrected chi connectivity index (χ0v) is 16.0. The van der Waals surface area contributed by atoms with Gasteiger partial charge in [-0.3, -0.25) is 9.69 Å². The summed E-state index contributed by atoms with van der Waals surface area (Å²) in [5.74, 6) is 1.20. The first-order valence-electron chi connectivity index (χ1n) is 9.57. The molecular formula is C20H33N3O2. The van der Waals surface area contributed by atoms with Crippen LogP contribution in [-0.4, -0.2) is 68.6 Å². The number of carbonyl (C=O) groups is 1. The maximum absolute atomic E-state index is 12.4. The van der Waals surface area contributed by atoms with Gasteiger partial charge in [0, 0.05) is 57.9 Å². The normalized spacial score (nSPS) is 15.2. The molecule has 0 aromatic heterocycles. The Kier molecular flexibility index (Phi) is 8.06. The Morgan fingerprint density at radius 3 is 2.16 bits per heavy atom. The Hall–Kier alpha value is -1.75. The number of hydrogen-bond donors (Lipinski definition) is 0. The van der Waals surface area contributed by atoms with Crippen molar-refractivity contribution in [1.29, 1.82) is 0 Å². The molecule has 1 aromatic carbocycles. The molecule has 0 radical (unpaired) electrons. The lowest BCUT2D eigenvalue weighted by Crippen LogP contribution is -2.47. The van der Waals surface area contributed by atoms with E-state index in [1.807, 2.05) is 17.0 Å². The van der Waals surface area contributed by atoms with Gasteiger partial charge in [-0.05, 0) is 37.1 Å². The van der Waals surface area contributed by atoms with Crippen molar-refractivity contribution in [2.45, 2.75) is 33.1 Å². The molecule has 1 aliphatic heterocycles. The van der Waals surface area contributed by atoms with E-state index >= 15 is 0 Å². The molecule has 0 spiro atoms. The molecule has 0 atom stereocenters. The molecule has 1 fully saturated rings. The van der Waals surface area contributed by atoms with E-state index in [-0.39, 0.29) is 0 Å². The van der Waals surface area contributed by atoms with Crippen LogP contribution in [0.4, 0.5) is 5.69 Å². The number of benzene rings is 1. The molecule has 2 rings (SSSR count). The van der Waals surface area contributed by atoms with Gasteiger partial charge in [-0.25, -0.2) is 0 Å². The molecule has 5 nitrogen and oxygen atoms in total. The van der Waals surface area contributed by atoms with Gasteiger partial charge < -0.3 is 14.5 Å². The summed E-state index contributed by atoms with van der Waals surface area (Å²) in [6, 6.07) is 8.25. The molecule has 0 bridgehead atoms. The summed E-state index contributed by atoms with van der Waals surface area (Å²) >= 11 is 0. The van der Waals surface area contributed by atoms with E-state index in [0.29, 0.717) is 12.3 Å². The summed E-state index contributed by atoms with van der Waals surface area (Å²) < 4.78 is 5.22. The zero-order valence-electron chi connectivity index (χ0n) is 16.0. The first-order chi connectivity index (χ1) is 12.2. The van der Waals surface area contributed by atoms with Crippen LogP contribution in [-0.2, 0) is 4.79 Å². The van der Waals surface area contributed by atoms with Crippen LogP contribution in [0.5, 0.6) is 5.75 Å². The van der Waals surface area contributed by atoms with E-state index in [1.165, 1.54) is 5.69 Å². The number of anilines is 1. The zero-order chi connectivity index (χ0) is 18.1. The molecule has 1 heterocycles. The molecule has 1 aliphatic rings. The second-order valence-corrected chi connectivity index (χ2v) is 6.66. The molecule has 25 heavy (non-hydrogen) atoms. The van der Waals surface area contributed by atoms with Gasteiger partial charge in [0.15, 0.2) is 0 Å². The van der Waals surface area contributed by atoms with Gasteiger partial charge in [-0.15, -0.1) is 0 Å². The lowest BCUT2D eigenvalue weighted by Gasteiger charge is -2.36. The van der Waals surface area contributed by atoms with Crippen molar-refractivity contribution in [2.75, 3.05) is 57.8 Å². The Labute approximate surface area is 152 Å². The number of amides is 1. The molecule has 5 heteroatoms. The molecule has 0 aliphatic carbocycles. The molecule has 0 saturated carbocycles. The summed E-state index contributed by atoms with van der Waals surface area (Å²) in [4.78, 5) is 19.2. The predicted molar refractivity (Wildman–Crippen MR) is 103 cm³/mol. The third kappa shape index (κ3) is 5.92. The fraction of sp³-hybridized carbons (Fsp3) is 0.650. The molecule has 1 amide bonds. The molecular weight excluding hydrogens is 314 g/mol. The van der Waals surface area contributed by atoms with Crippen molar-refractivity contribution >= 4 is 11.6 Å². The molecule has 1 saturated heterocycles. The van der Waals surface area contributed by atoms with Gasteiger partial charge in [0.2, 0.25) is 5.91 Å². The maximum atomic E-state index is 12.4. The van der Waals surface area contributed by atoms with Gasteiger partial charge in [0.25, 0.3) is 0 Å². The summed E-state index contributed by atoms with van der Waals surface area (Å²) in [7, 11) is 1.69. The molecule has 1 aromatic rings. The summed E-state index contributed by atoms with van der Waals surface area (Å²) in [6.45, 7) is 11.0. The highest BCUT2D eigenvalue weighted by atomic mass is 16.5. The third-order valence-corrected chi connectivity index (χ3v) is 4.79. The number of rotatable bonds is 9. The van der Waals surface area contributed by atoms with Gasteiger partial charge in [-0.1, -0.05) is 13.8 Å². The summed E-state index contributed by atoms with van der Waals surface area (Å²) in [6.07, 6.45) is 2.71. The highest BCUT2D eigenvalue weighted by Crippen LogP contribution is 2.20. The van der Waals surface area contributed by atoms with Crippen molar-refractivity contribution < 1.29 is 9.53 Å². The highest BCUT2D eigenvalue weighted by Gasteiger charge is 2.19. The van der Waals surface area contributed by atoms with Gasteiger partial charge in [0.05, 0.1) is 7.11 Å². The molecule has 140 valence electrons. The minimum atomic E-state index is 0.307. The fourth-order valence-electron chi connectivity index (χ4n) is 3.34. The quantitative estimate of drug-likeness (QED) is 0.688. The molecule has 0 N–H and O–H groups in total. The van der Waals surface area contributed by atoms with E-state index in [9.17, 15) is 4.79 Å². The Bertz CT molecular complexity index is 504. The number of carbonyl (C=O) groups excluding carboxylic acids is 1. The minimum absolute atomic E-state index is 0.307. The average Bonchev–Trinajstić information content (AvgIpc) is 2.66. The van der Waals surface area contributed by atoms with Crippen LogP contribution in [0.1, 0.15) is 33.1 Å². The Morgan fingerprint density at radius 2 is 1.64 bits per heavy atom. The van der Waals surface area contributed by atoms with Crippen LogP contribution in [0, 0.1) is 0 Å². The topological polar surface area (TPSA) is 36.0 Å². The van der Waals surface area contributed by atoms with Crippen LogP contribution in [0.2, 0.25) is 0 Å². The lowest BCUT2D eigenvalue weighted by atomic mass is 10.2. The van der Waals surface area contributed by atoms with Crippen LogP contribution >= 0.6 is 0 Å². The first kappa shape index (κ1) is 19.6. The van der Waals surface area contributed by atoms with Crippen LogP contribution in [0.15, 0.2) is 24.3 Å². The van der Waals surface area contributed by atoms with Crippen molar-refractivity contribution in [3.05, 3.63) is 24.3 Å². The van der Waals surface area contributed by atoms with E-state index in [4.69, 9.17) is 4.74 Å². The third-order valence-electron chi connectivity index (χ3n) is 4.79. The smallest absolute Gasteiger partial charge is 0.223 e. The van der Waals surface area contributed by atoms with Crippen molar-refractivity contribution in [1.82, 2.24) is 9.80 Å². The molecule has 0 unspecified atom stereocenters. The predicted octanol–water partition coefficient (Wildman–Crippen LogP) is 2.86. The lowest BCUT2D eigenvalue weighted by molar-refractivity contribution is -0.131.